The average molecular weight is 462 g/mol. The molecule has 1 aromatic rings. The van der Waals surface area contributed by atoms with E-state index < -0.39 is 28.9 Å². The van der Waals surface area contributed by atoms with E-state index in [4.69, 9.17) is 14.2 Å². The van der Waals surface area contributed by atoms with Crippen molar-refractivity contribution in [2.45, 2.75) is 13.0 Å². The van der Waals surface area contributed by atoms with E-state index in [0.717, 1.165) is 10.8 Å². The Hall–Kier alpha value is -2.87. The Balaban J connectivity index is 1.96. The van der Waals surface area contributed by atoms with Crippen molar-refractivity contribution < 1.29 is 38.9 Å². The number of carbonyl (C=O) groups excluding carboxylic acids is 1. The van der Waals surface area contributed by atoms with Crippen molar-refractivity contribution in [2.24, 2.45) is 0 Å². The van der Waals surface area contributed by atoms with E-state index in [2.05, 4.69) is 9.68 Å². The van der Waals surface area contributed by atoms with Gasteiger partial charge in [0, 0.05) is 17.1 Å². The highest BCUT2D eigenvalue weighted by Crippen LogP contribution is 2.33. The van der Waals surface area contributed by atoms with E-state index >= 15 is 0 Å². The van der Waals surface area contributed by atoms with Gasteiger partial charge in [-0.25, -0.2) is 4.79 Å². The van der Waals surface area contributed by atoms with Crippen molar-refractivity contribution in [1.82, 2.24) is 0 Å². The van der Waals surface area contributed by atoms with Gasteiger partial charge in [0.1, 0.15) is 12.7 Å². The van der Waals surface area contributed by atoms with Gasteiger partial charge in [-0.3, -0.25) is 0 Å². The maximum atomic E-state index is 12.3. The van der Waals surface area contributed by atoms with Crippen LogP contribution in [0.15, 0.2) is 23.8 Å². The van der Waals surface area contributed by atoms with Gasteiger partial charge in [0.15, 0.2) is 11.5 Å². The summed E-state index contributed by atoms with van der Waals surface area (Å²) in [6, 6.07) is 5.23. The molecule has 164 valence electrons. The largest absolute Gasteiger partial charge is 0.463 e. The van der Waals surface area contributed by atoms with Gasteiger partial charge >= 0.3 is 5.97 Å². The molecule has 1 atom stereocenters. The first kappa shape index (κ1) is 23.4. The fourth-order valence-electron chi connectivity index (χ4n) is 2.19. The fraction of sp³-hybridized carbons (Fsp3) is 0.438. The Morgan fingerprint density at radius 3 is 2.70 bits per heavy atom. The Labute approximate surface area is 178 Å². The number of ether oxygens (including phenoxy) is 3. The van der Waals surface area contributed by atoms with Crippen molar-refractivity contribution in [1.29, 1.82) is 0 Å². The molecule has 0 bridgehead atoms. The second-order valence-electron chi connectivity index (χ2n) is 5.52. The Bertz CT molecular complexity index is 804. The van der Waals surface area contributed by atoms with Gasteiger partial charge in [-0.1, -0.05) is 27.7 Å². The summed E-state index contributed by atoms with van der Waals surface area (Å²) in [6.07, 6.45) is 0.515. The molecule has 0 radical (unpaired) electrons. The molecule has 1 heterocycles. The lowest BCUT2D eigenvalue weighted by Crippen LogP contribution is -2.26. The molecule has 12 nitrogen and oxygen atoms in total. The van der Waals surface area contributed by atoms with Crippen molar-refractivity contribution in [3.63, 3.8) is 0 Å². The zero-order valence-electron chi connectivity index (χ0n) is 15.7. The number of hydrogen-bond acceptors (Lipinski definition) is 12. The molecule has 1 aliphatic heterocycles. The molecule has 0 aliphatic carbocycles. The number of benzene rings is 1. The Morgan fingerprint density at radius 1 is 1.23 bits per heavy atom. The molecule has 2 rings (SSSR count). The van der Waals surface area contributed by atoms with Crippen LogP contribution in [0.1, 0.15) is 12.5 Å². The standard InChI is InChI=1S/C16H18N2O10S2/c1-2-24-16(19)12(5-11-3-4-14-15(6-11)26-10-25-14)8-29-30-9-13(28-18(22)23)7-27-17(20)21/h3-6,13H,2,7-10H2,1H3/b12-5+. The lowest BCUT2D eigenvalue weighted by atomic mass is 10.1. The van der Waals surface area contributed by atoms with Crippen LogP contribution in [0.3, 0.4) is 0 Å². The maximum absolute atomic E-state index is 12.3. The predicted octanol–water partition coefficient (Wildman–Crippen LogP) is 2.53. The summed E-state index contributed by atoms with van der Waals surface area (Å²) in [5.41, 5.74) is 1.07. The molecule has 1 aromatic carbocycles. The van der Waals surface area contributed by atoms with E-state index in [1.54, 1.807) is 31.2 Å². The molecular formula is C16H18N2O10S2. The molecule has 0 saturated carbocycles. The number of rotatable bonds is 13. The van der Waals surface area contributed by atoms with Crippen LogP contribution in [0.25, 0.3) is 6.08 Å². The Kier molecular flexibility index (Phi) is 9.34. The van der Waals surface area contributed by atoms with Crippen LogP contribution in [-0.2, 0) is 19.2 Å². The molecular weight excluding hydrogens is 444 g/mol. The van der Waals surface area contributed by atoms with Crippen LogP contribution in [-0.4, -0.2) is 53.8 Å². The van der Waals surface area contributed by atoms with Crippen LogP contribution in [0, 0.1) is 20.2 Å². The minimum atomic E-state index is -1.13. The lowest BCUT2D eigenvalue weighted by molar-refractivity contribution is -0.788. The lowest BCUT2D eigenvalue weighted by Gasteiger charge is -2.13. The summed E-state index contributed by atoms with van der Waals surface area (Å²) in [5, 5.41) is 18.7. The van der Waals surface area contributed by atoms with Crippen molar-refractivity contribution >= 4 is 33.6 Å². The topological polar surface area (TPSA) is 150 Å². The number of fused-ring (bicyclic) bond motifs is 1. The van der Waals surface area contributed by atoms with Crippen LogP contribution < -0.4 is 9.47 Å². The molecule has 0 spiro atoms. The molecule has 30 heavy (non-hydrogen) atoms. The van der Waals surface area contributed by atoms with Crippen LogP contribution >= 0.6 is 21.6 Å². The van der Waals surface area contributed by atoms with E-state index in [-0.39, 0.29) is 24.9 Å². The fourth-order valence-corrected chi connectivity index (χ4v) is 4.38. The van der Waals surface area contributed by atoms with Gasteiger partial charge < -0.3 is 23.9 Å². The van der Waals surface area contributed by atoms with E-state index in [0.29, 0.717) is 22.6 Å². The van der Waals surface area contributed by atoms with E-state index in [9.17, 15) is 25.0 Å². The highest BCUT2D eigenvalue weighted by Gasteiger charge is 2.18. The first-order valence-corrected chi connectivity index (χ1v) is 11.0. The molecule has 1 unspecified atom stereocenters. The first-order chi connectivity index (χ1) is 14.4. The third kappa shape index (κ3) is 7.87. The van der Waals surface area contributed by atoms with Crippen LogP contribution in [0.5, 0.6) is 11.5 Å². The number of hydrogen-bond donors (Lipinski definition) is 0. The molecule has 1 aliphatic rings. The highest BCUT2D eigenvalue weighted by molar-refractivity contribution is 8.76. The molecule has 0 N–H and O–H groups in total. The minimum Gasteiger partial charge on any atom is -0.463 e. The highest BCUT2D eigenvalue weighted by atomic mass is 33.1. The minimum absolute atomic E-state index is 0.0274. The zero-order chi connectivity index (χ0) is 21.9. The third-order valence-corrected chi connectivity index (χ3v) is 5.79. The summed E-state index contributed by atoms with van der Waals surface area (Å²) in [6.45, 7) is 1.44. The SMILES string of the molecule is CCOC(=O)/C(=C/c1ccc2c(c1)OCO2)CSSCC(CO[N+](=O)[O-])O[N+](=O)[O-]. The number of nitrogens with zero attached hydrogens (tertiary/aromatic N) is 2. The molecule has 0 aromatic heterocycles. The number of esters is 1. The summed E-state index contributed by atoms with van der Waals surface area (Å²) in [4.78, 5) is 41.5. The van der Waals surface area contributed by atoms with Crippen LogP contribution in [0.2, 0.25) is 0 Å². The van der Waals surface area contributed by atoms with Crippen LogP contribution in [0.4, 0.5) is 0 Å². The van der Waals surface area contributed by atoms with Crippen molar-refractivity contribution in [3.05, 3.63) is 49.6 Å². The zero-order valence-corrected chi connectivity index (χ0v) is 17.3. The van der Waals surface area contributed by atoms with E-state index in [1.807, 2.05) is 0 Å². The van der Waals surface area contributed by atoms with Gasteiger partial charge in [0.2, 0.25) is 6.79 Å². The molecule has 14 heteroatoms. The summed E-state index contributed by atoms with van der Waals surface area (Å²) >= 11 is 0. The first-order valence-electron chi connectivity index (χ1n) is 8.49. The quantitative estimate of drug-likeness (QED) is 0.106. The monoisotopic (exact) mass is 462 g/mol. The second-order valence-corrected chi connectivity index (χ2v) is 8.03. The van der Waals surface area contributed by atoms with Gasteiger partial charge in [0.05, 0.1) is 6.61 Å². The normalized spacial score (nSPS) is 13.4. The molecule has 0 amide bonds. The molecule has 0 saturated heterocycles. The predicted molar refractivity (Wildman–Crippen MR) is 107 cm³/mol. The van der Waals surface area contributed by atoms with E-state index in [1.165, 1.54) is 10.8 Å². The Morgan fingerprint density at radius 2 is 2.00 bits per heavy atom. The average Bonchev–Trinajstić information content (AvgIpc) is 3.15. The van der Waals surface area contributed by atoms with Gasteiger partial charge in [-0.2, -0.15) is 0 Å². The van der Waals surface area contributed by atoms with Crippen molar-refractivity contribution in [2.75, 3.05) is 31.5 Å². The summed E-state index contributed by atoms with van der Waals surface area (Å²) in [5.74, 6) is 0.930. The summed E-state index contributed by atoms with van der Waals surface area (Å²) in [7, 11) is 2.35. The maximum Gasteiger partial charge on any atom is 0.334 e. The second kappa shape index (κ2) is 12.0. The van der Waals surface area contributed by atoms with Gasteiger partial charge in [-0.05, 0) is 30.7 Å². The third-order valence-electron chi connectivity index (χ3n) is 3.43. The smallest absolute Gasteiger partial charge is 0.334 e. The van der Waals surface area contributed by atoms with Crippen molar-refractivity contribution in [3.8, 4) is 11.5 Å². The molecule has 0 fully saturated rings. The number of carbonyl (C=O) groups is 1. The van der Waals surface area contributed by atoms with Gasteiger partial charge in [0.25, 0.3) is 10.2 Å². The summed E-state index contributed by atoms with van der Waals surface area (Å²) < 4.78 is 15.6. The van der Waals surface area contributed by atoms with Gasteiger partial charge in [-0.15, -0.1) is 20.2 Å².